The second-order valence-corrected chi connectivity index (χ2v) is 4.39. The first-order valence-corrected chi connectivity index (χ1v) is 6.21. The molecule has 1 aromatic carbocycles. The van der Waals surface area contributed by atoms with Crippen LogP contribution in [-0.4, -0.2) is 28.6 Å². The molecule has 2 aromatic rings. The van der Waals surface area contributed by atoms with E-state index in [0.717, 1.165) is 5.56 Å². The molecule has 6 heteroatoms. The van der Waals surface area contributed by atoms with Crippen LogP contribution in [0.25, 0.3) is 0 Å². The quantitative estimate of drug-likeness (QED) is 0.868. The fourth-order valence-electron chi connectivity index (χ4n) is 1.99. The van der Waals surface area contributed by atoms with Crippen LogP contribution in [-0.2, 0) is 0 Å². The number of nitrogens with zero attached hydrogens (tertiary/aromatic N) is 2. The van der Waals surface area contributed by atoms with Gasteiger partial charge in [-0.05, 0) is 12.5 Å². The Hall–Kier alpha value is -2.63. The second-order valence-electron chi connectivity index (χ2n) is 4.39. The Morgan fingerprint density at radius 3 is 2.50 bits per heavy atom. The van der Waals surface area contributed by atoms with Gasteiger partial charge in [-0.15, -0.1) is 0 Å². The zero-order chi connectivity index (χ0) is 14.7. The van der Waals surface area contributed by atoms with E-state index in [-0.39, 0.29) is 23.3 Å². The minimum atomic E-state index is -0.615. The Kier molecular flexibility index (Phi) is 3.84. The van der Waals surface area contributed by atoms with E-state index < -0.39 is 5.91 Å². The fourth-order valence-corrected chi connectivity index (χ4v) is 1.99. The smallest absolute Gasteiger partial charge is 0.271 e. The molecule has 0 aliphatic carbocycles. The lowest BCUT2D eigenvalue weighted by atomic mass is 10.1. The van der Waals surface area contributed by atoms with E-state index >= 15 is 0 Å². The Morgan fingerprint density at radius 2 is 1.95 bits per heavy atom. The largest absolute Gasteiger partial charge is 0.364 e. The second kappa shape index (κ2) is 5.56. The van der Waals surface area contributed by atoms with Crippen molar-refractivity contribution in [2.24, 2.45) is 5.73 Å². The number of rotatable bonds is 4. The van der Waals surface area contributed by atoms with Crippen molar-refractivity contribution in [1.82, 2.24) is 15.1 Å². The van der Waals surface area contributed by atoms with Crippen molar-refractivity contribution in [3.8, 4) is 0 Å². The molecule has 3 N–H and O–H groups in total. The Morgan fingerprint density at radius 1 is 1.30 bits per heavy atom. The average molecular weight is 272 g/mol. The maximum absolute atomic E-state index is 11.6. The van der Waals surface area contributed by atoms with Crippen molar-refractivity contribution in [2.75, 3.05) is 7.05 Å². The van der Waals surface area contributed by atoms with E-state index in [1.165, 1.54) is 17.8 Å². The molecule has 20 heavy (non-hydrogen) atoms. The lowest BCUT2D eigenvalue weighted by Gasteiger charge is -2.14. The average Bonchev–Trinajstić information content (AvgIpc) is 2.92. The maximum Gasteiger partial charge on any atom is 0.271 e. The summed E-state index contributed by atoms with van der Waals surface area (Å²) in [4.78, 5) is 23.1. The lowest BCUT2D eigenvalue weighted by Crippen LogP contribution is -2.21. The van der Waals surface area contributed by atoms with Crippen molar-refractivity contribution < 1.29 is 9.59 Å². The molecule has 6 nitrogen and oxygen atoms in total. The summed E-state index contributed by atoms with van der Waals surface area (Å²) in [7, 11) is 1.51. The Labute approximate surface area is 116 Å². The van der Waals surface area contributed by atoms with E-state index in [0.29, 0.717) is 0 Å². The first-order chi connectivity index (χ1) is 9.54. The molecule has 104 valence electrons. The molecule has 0 spiro atoms. The zero-order valence-electron chi connectivity index (χ0n) is 11.3. The summed E-state index contributed by atoms with van der Waals surface area (Å²) < 4.78 is 1.47. The number of carbonyl (C=O) groups is 2. The number of aromatic nitrogens is 2. The third kappa shape index (κ3) is 2.54. The standard InChI is InChI=1S/C14H16N4O2/c1-9(10-6-4-3-5-7-10)18-12(13(15)19)8-11(17-18)14(20)16-2/h3-9H,1-2H3,(H2,15,19)(H,16,20). The number of amides is 2. The van der Waals surface area contributed by atoms with Gasteiger partial charge in [-0.2, -0.15) is 5.10 Å². The van der Waals surface area contributed by atoms with Crippen molar-refractivity contribution in [1.29, 1.82) is 0 Å². The summed E-state index contributed by atoms with van der Waals surface area (Å²) in [6.07, 6.45) is 0. The topological polar surface area (TPSA) is 90.0 Å². The number of hydrogen-bond acceptors (Lipinski definition) is 3. The summed E-state index contributed by atoms with van der Waals surface area (Å²) in [5.41, 5.74) is 6.71. The van der Waals surface area contributed by atoms with E-state index in [4.69, 9.17) is 5.73 Å². The van der Waals surface area contributed by atoms with E-state index in [2.05, 4.69) is 10.4 Å². The third-order valence-corrected chi connectivity index (χ3v) is 3.10. The summed E-state index contributed by atoms with van der Waals surface area (Å²) in [6, 6.07) is 10.8. The monoisotopic (exact) mass is 272 g/mol. The van der Waals surface area contributed by atoms with Gasteiger partial charge in [-0.25, -0.2) is 0 Å². The highest BCUT2D eigenvalue weighted by atomic mass is 16.2. The van der Waals surface area contributed by atoms with E-state index in [1.54, 1.807) is 0 Å². The summed E-state index contributed by atoms with van der Waals surface area (Å²) in [5.74, 6) is -0.970. The maximum atomic E-state index is 11.6. The van der Waals surface area contributed by atoms with E-state index in [9.17, 15) is 9.59 Å². The SMILES string of the molecule is CNC(=O)c1cc(C(N)=O)n(C(C)c2ccccc2)n1. The molecule has 1 heterocycles. The van der Waals surface area contributed by atoms with Gasteiger partial charge in [0.05, 0.1) is 6.04 Å². The molecule has 1 atom stereocenters. The van der Waals surface area contributed by atoms with Gasteiger partial charge in [0.1, 0.15) is 5.69 Å². The van der Waals surface area contributed by atoms with Gasteiger partial charge in [0, 0.05) is 13.1 Å². The van der Waals surface area contributed by atoms with Gasteiger partial charge in [0.2, 0.25) is 0 Å². The molecule has 2 amide bonds. The summed E-state index contributed by atoms with van der Waals surface area (Å²) in [5, 5.41) is 6.65. The van der Waals surface area contributed by atoms with Crippen LogP contribution in [0.5, 0.6) is 0 Å². The molecule has 2 rings (SSSR count). The molecule has 0 aliphatic rings. The first kappa shape index (κ1) is 13.8. The number of nitrogens with two attached hydrogens (primary N) is 1. The number of primary amides is 1. The predicted molar refractivity (Wildman–Crippen MR) is 74.4 cm³/mol. The third-order valence-electron chi connectivity index (χ3n) is 3.10. The number of benzene rings is 1. The summed E-state index contributed by atoms with van der Waals surface area (Å²) in [6.45, 7) is 1.89. The van der Waals surface area contributed by atoms with Crippen LogP contribution in [0.4, 0.5) is 0 Å². The molecule has 1 unspecified atom stereocenters. The van der Waals surface area contributed by atoms with Gasteiger partial charge in [0.15, 0.2) is 5.69 Å². The van der Waals surface area contributed by atoms with Gasteiger partial charge >= 0.3 is 0 Å². The Balaban J connectivity index is 2.47. The van der Waals surface area contributed by atoms with Crippen molar-refractivity contribution >= 4 is 11.8 Å². The molecular weight excluding hydrogens is 256 g/mol. The molecule has 0 bridgehead atoms. The fraction of sp³-hybridized carbons (Fsp3) is 0.214. The van der Waals surface area contributed by atoms with Crippen molar-refractivity contribution in [3.05, 3.63) is 53.3 Å². The number of carbonyl (C=O) groups excluding carboxylic acids is 2. The van der Waals surface area contributed by atoms with Crippen LogP contribution in [0, 0.1) is 0 Å². The van der Waals surface area contributed by atoms with Crippen LogP contribution < -0.4 is 11.1 Å². The van der Waals surface area contributed by atoms with Crippen LogP contribution in [0.2, 0.25) is 0 Å². The highest BCUT2D eigenvalue weighted by molar-refractivity contribution is 5.97. The molecule has 0 saturated heterocycles. The predicted octanol–water partition coefficient (Wildman–Crippen LogP) is 0.951. The molecule has 0 aliphatic heterocycles. The lowest BCUT2D eigenvalue weighted by molar-refractivity contribution is 0.0955. The zero-order valence-corrected chi connectivity index (χ0v) is 11.3. The number of hydrogen-bond donors (Lipinski definition) is 2. The first-order valence-electron chi connectivity index (χ1n) is 6.21. The summed E-state index contributed by atoms with van der Waals surface area (Å²) >= 11 is 0. The van der Waals surface area contributed by atoms with E-state index in [1.807, 2.05) is 37.3 Å². The highest BCUT2D eigenvalue weighted by Crippen LogP contribution is 2.19. The van der Waals surface area contributed by atoms with Gasteiger partial charge in [-0.3, -0.25) is 14.3 Å². The van der Waals surface area contributed by atoms with Crippen LogP contribution >= 0.6 is 0 Å². The molecule has 0 saturated carbocycles. The molecule has 0 fully saturated rings. The molecular formula is C14H16N4O2. The minimum absolute atomic E-state index is 0.170. The molecule has 0 radical (unpaired) electrons. The van der Waals surface area contributed by atoms with Gasteiger partial charge < -0.3 is 11.1 Å². The van der Waals surface area contributed by atoms with Crippen molar-refractivity contribution in [3.63, 3.8) is 0 Å². The molecule has 1 aromatic heterocycles. The van der Waals surface area contributed by atoms with Crippen LogP contribution in [0.1, 0.15) is 39.5 Å². The van der Waals surface area contributed by atoms with Crippen LogP contribution in [0.15, 0.2) is 36.4 Å². The Bertz CT molecular complexity index is 634. The minimum Gasteiger partial charge on any atom is -0.364 e. The highest BCUT2D eigenvalue weighted by Gasteiger charge is 2.20. The van der Waals surface area contributed by atoms with Gasteiger partial charge in [-0.1, -0.05) is 30.3 Å². The number of nitrogens with one attached hydrogen (secondary N) is 1. The van der Waals surface area contributed by atoms with Crippen LogP contribution in [0.3, 0.4) is 0 Å². The normalized spacial score (nSPS) is 11.9. The van der Waals surface area contributed by atoms with Gasteiger partial charge in [0.25, 0.3) is 11.8 Å². The van der Waals surface area contributed by atoms with Crippen molar-refractivity contribution in [2.45, 2.75) is 13.0 Å².